The van der Waals surface area contributed by atoms with Gasteiger partial charge in [-0.3, -0.25) is 9.78 Å². The third-order valence-electron chi connectivity index (χ3n) is 5.85. The van der Waals surface area contributed by atoms with E-state index in [1.165, 1.54) is 19.5 Å². The Bertz CT molecular complexity index is 801. The average molecular weight is 355 g/mol. The number of aromatic nitrogens is 1. The number of piperidine rings is 1. The number of piperazine rings is 1. The SMILES string of the molecule is O=C(N[C@@H]1C[C@@H]2CCN(C2)C1)c1cc2oc(N3CCNCC3)cc2cn1. The lowest BCUT2D eigenvalue weighted by Gasteiger charge is -2.30. The second kappa shape index (κ2) is 6.55. The van der Waals surface area contributed by atoms with Crippen molar-refractivity contribution in [2.75, 3.05) is 50.7 Å². The highest BCUT2D eigenvalue weighted by Crippen LogP contribution is 2.28. The number of rotatable bonds is 3. The summed E-state index contributed by atoms with van der Waals surface area (Å²) >= 11 is 0. The first-order chi connectivity index (χ1) is 12.7. The Morgan fingerprint density at radius 2 is 2.12 bits per heavy atom. The maximum atomic E-state index is 12.6. The molecule has 3 saturated heterocycles. The fourth-order valence-corrected chi connectivity index (χ4v) is 4.51. The highest BCUT2D eigenvalue weighted by atomic mass is 16.4. The van der Waals surface area contributed by atoms with E-state index in [0.717, 1.165) is 61.9 Å². The van der Waals surface area contributed by atoms with Gasteiger partial charge in [0.05, 0.1) is 0 Å². The lowest BCUT2D eigenvalue weighted by atomic mass is 9.97. The van der Waals surface area contributed by atoms with Crippen LogP contribution < -0.4 is 15.5 Å². The van der Waals surface area contributed by atoms with Gasteiger partial charge in [0.25, 0.3) is 5.91 Å². The van der Waals surface area contributed by atoms with Crippen molar-refractivity contribution in [1.29, 1.82) is 0 Å². The number of pyridine rings is 1. The molecule has 0 aliphatic carbocycles. The number of amides is 1. The number of nitrogens with one attached hydrogen (secondary N) is 2. The van der Waals surface area contributed by atoms with Crippen molar-refractivity contribution < 1.29 is 9.21 Å². The summed E-state index contributed by atoms with van der Waals surface area (Å²) in [6, 6.07) is 4.02. The van der Waals surface area contributed by atoms with Gasteiger partial charge in [0.15, 0.2) is 5.88 Å². The van der Waals surface area contributed by atoms with E-state index in [-0.39, 0.29) is 11.9 Å². The molecule has 26 heavy (non-hydrogen) atoms. The standard InChI is InChI=1S/C19H25N5O2/c25-19(22-15-7-13-1-4-23(11-13)12-15)16-9-17-14(10-21-16)8-18(26-17)24-5-2-20-3-6-24/h8-10,13,15,20H,1-7,11-12H2,(H,22,25)/t13-,15+/m0/s1. The molecule has 0 spiro atoms. The molecule has 0 aromatic carbocycles. The number of hydrogen-bond acceptors (Lipinski definition) is 6. The molecule has 7 heteroatoms. The summed E-state index contributed by atoms with van der Waals surface area (Å²) < 4.78 is 6.00. The Morgan fingerprint density at radius 3 is 2.96 bits per heavy atom. The molecule has 5 rings (SSSR count). The molecule has 138 valence electrons. The molecule has 5 heterocycles. The summed E-state index contributed by atoms with van der Waals surface area (Å²) in [5.74, 6) is 1.49. The van der Waals surface area contributed by atoms with Gasteiger partial charge in [0, 0.05) is 69.0 Å². The quantitative estimate of drug-likeness (QED) is 0.858. The van der Waals surface area contributed by atoms with E-state index in [1.807, 2.05) is 6.07 Å². The van der Waals surface area contributed by atoms with E-state index in [9.17, 15) is 4.79 Å². The summed E-state index contributed by atoms with van der Waals surface area (Å²) in [4.78, 5) is 21.7. The molecule has 2 aromatic rings. The molecule has 3 aliphatic rings. The molecule has 2 bridgehead atoms. The van der Waals surface area contributed by atoms with Crippen LogP contribution in [0.25, 0.3) is 11.0 Å². The first kappa shape index (κ1) is 16.1. The van der Waals surface area contributed by atoms with Gasteiger partial charge in [-0.2, -0.15) is 0 Å². The lowest BCUT2D eigenvalue weighted by molar-refractivity contribution is 0.0904. The van der Waals surface area contributed by atoms with E-state index < -0.39 is 0 Å². The number of anilines is 1. The van der Waals surface area contributed by atoms with Crippen molar-refractivity contribution in [2.45, 2.75) is 18.9 Å². The van der Waals surface area contributed by atoms with Gasteiger partial charge >= 0.3 is 0 Å². The highest BCUT2D eigenvalue weighted by Gasteiger charge is 2.33. The lowest BCUT2D eigenvalue weighted by Crippen LogP contribution is -2.47. The summed E-state index contributed by atoms with van der Waals surface area (Å²) in [6.07, 6.45) is 4.09. The number of hydrogen-bond donors (Lipinski definition) is 2. The Labute approximate surface area is 152 Å². The van der Waals surface area contributed by atoms with Crippen LogP contribution in [0.3, 0.4) is 0 Å². The van der Waals surface area contributed by atoms with Gasteiger partial charge in [-0.15, -0.1) is 0 Å². The zero-order valence-electron chi connectivity index (χ0n) is 14.9. The molecule has 1 unspecified atom stereocenters. The van der Waals surface area contributed by atoms with Crippen molar-refractivity contribution in [3.8, 4) is 0 Å². The summed E-state index contributed by atoms with van der Waals surface area (Å²) in [6.45, 7) is 7.10. The molecule has 7 nitrogen and oxygen atoms in total. The topological polar surface area (TPSA) is 73.6 Å². The maximum absolute atomic E-state index is 12.6. The van der Waals surface area contributed by atoms with Crippen LogP contribution in [0.1, 0.15) is 23.3 Å². The molecular formula is C19H25N5O2. The second-order valence-electron chi connectivity index (χ2n) is 7.75. The third-order valence-corrected chi connectivity index (χ3v) is 5.85. The second-order valence-corrected chi connectivity index (χ2v) is 7.75. The minimum absolute atomic E-state index is 0.0977. The largest absolute Gasteiger partial charge is 0.440 e. The molecule has 3 atom stereocenters. The molecule has 2 aromatic heterocycles. The first-order valence-electron chi connectivity index (χ1n) is 9.63. The van der Waals surface area contributed by atoms with E-state index in [2.05, 4.69) is 25.4 Å². The number of fused-ring (bicyclic) bond motifs is 3. The molecule has 3 fully saturated rings. The molecule has 2 N–H and O–H groups in total. The van der Waals surface area contributed by atoms with Crippen molar-refractivity contribution >= 4 is 22.8 Å². The fourth-order valence-electron chi connectivity index (χ4n) is 4.51. The monoisotopic (exact) mass is 355 g/mol. The smallest absolute Gasteiger partial charge is 0.270 e. The summed E-state index contributed by atoms with van der Waals surface area (Å²) in [7, 11) is 0. The van der Waals surface area contributed by atoms with Crippen LogP contribution in [0.15, 0.2) is 22.7 Å². The van der Waals surface area contributed by atoms with Crippen LogP contribution in [0, 0.1) is 5.92 Å². The normalized spacial score (nSPS) is 28.5. The minimum Gasteiger partial charge on any atom is -0.440 e. The fraction of sp³-hybridized carbons (Fsp3) is 0.579. The number of carbonyl (C=O) groups is 1. The van der Waals surface area contributed by atoms with E-state index in [4.69, 9.17) is 4.42 Å². The third kappa shape index (κ3) is 3.05. The predicted octanol–water partition coefficient (Wildman–Crippen LogP) is 1.06. The molecule has 1 amide bonds. The van der Waals surface area contributed by atoms with Crippen molar-refractivity contribution in [1.82, 2.24) is 20.5 Å². The highest BCUT2D eigenvalue weighted by molar-refractivity contribution is 5.95. The van der Waals surface area contributed by atoms with Gasteiger partial charge in [-0.05, 0) is 25.3 Å². The number of carbonyl (C=O) groups excluding carboxylic acids is 1. The average Bonchev–Trinajstić information content (AvgIpc) is 3.24. The predicted molar refractivity (Wildman–Crippen MR) is 99.5 cm³/mol. The van der Waals surface area contributed by atoms with Gasteiger partial charge in [0.2, 0.25) is 0 Å². The van der Waals surface area contributed by atoms with Crippen molar-refractivity contribution in [3.05, 3.63) is 24.0 Å². The number of nitrogens with zero attached hydrogens (tertiary/aromatic N) is 3. The van der Waals surface area contributed by atoms with Gasteiger partial charge < -0.3 is 24.9 Å². The Balaban J connectivity index is 1.31. The molecular weight excluding hydrogens is 330 g/mol. The van der Waals surface area contributed by atoms with Gasteiger partial charge in [-0.1, -0.05) is 0 Å². The van der Waals surface area contributed by atoms with E-state index in [0.29, 0.717) is 5.69 Å². The molecule has 0 radical (unpaired) electrons. The maximum Gasteiger partial charge on any atom is 0.270 e. The summed E-state index contributed by atoms with van der Waals surface area (Å²) in [5, 5.41) is 7.45. The molecule has 0 saturated carbocycles. The van der Waals surface area contributed by atoms with Crippen molar-refractivity contribution in [3.63, 3.8) is 0 Å². The van der Waals surface area contributed by atoms with Crippen LogP contribution >= 0.6 is 0 Å². The Morgan fingerprint density at radius 1 is 1.23 bits per heavy atom. The van der Waals surface area contributed by atoms with Crippen LogP contribution in [0.5, 0.6) is 0 Å². The molecule has 3 aliphatic heterocycles. The van der Waals surface area contributed by atoms with Crippen molar-refractivity contribution in [2.24, 2.45) is 5.92 Å². The summed E-state index contributed by atoms with van der Waals surface area (Å²) in [5.41, 5.74) is 1.16. The van der Waals surface area contributed by atoms with Crippen LogP contribution in [0.4, 0.5) is 5.88 Å². The van der Waals surface area contributed by atoms with E-state index in [1.54, 1.807) is 12.3 Å². The first-order valence-corrected chi connectivity index (χ1v) is 9.63. The number of furan rings is 1. The minimum atomic E-state index is -0.0977. The van der Waals surface area contributed by atoms with Gasteiger partial charge in [0.1, 0.15) is 11.3 Å². The van der Waals surface area contributed by atoms with Gasteiger partial charge in [-0.25, -0.2) is 0 Å². The van der Waals surface area contributed by atoms with E-state index >= 15 is 0 Å². The Hall–Kier alpha value is -2.12. The van der Waals surface area contributed by atoms with Crippen LogP contribution in [-0.4, -0.2) is 67.6 Å². The van der Waals surface area contributed by atoms with Crippen LogP contribution in [0.2, 0.25) is 0 Å². The zero-order chi connectivity index (χ0) is 17.5. The van der Waals surface area contributed by atoms with Crippen LogP contribution in [-0.2, 0) is 0 Å². The Kier molecular flexibility index (Phi) is 4.05. The zero-order valence-corrected chi connectivity index (χ0v) is 14.9.